The molecule has 0 radical (unpaired) electrons. The number of rotatable bonds is 5. The van der Waals surface area contributed by atoms with E-state index in [4.69, 9.17) is 15.2 Å². The van der Waals surface area contributed by atoms with Gasteiger partial charge in [0.2, 0.25) is 0 Å². The lowest BCUT2D eigenvalue weighted by Crippen LogP contribution is -2.38. The molecule has 1 aliphatic rings. The van der Waals surface area contributed by atoms with Crippen LogP contribution in [-0.2, 0) is 4.74 Å². The van der Waals surface area contributed by atoms with Gasteiger partial charge in [-0.25, -0.2) is 4.98 Å². The van der Waals surface area contributed by atoms with E-state index in [-0.39, 0.29) is 12.4 Å². The molecule has 1 saturated heterocycles. The normalized spacial score (nSPS) is 15.2. The fourth-order valence-corrected chi connectivity index (χ4v) is 3.22. The molecule has 2 N–H and O–H groups in total. The van der Waals surface area contributed by atoms with E-state index in [0.717, 1.165) is 54.7 Å². The molecule has 1 aromatic carbocycles. The van der Waals surface area contributed by atoms with Crippen LogP contribution in [0.3, 0.4) is 0 Å². The van der Waals surface area contributed by atoms with Crippen LogP contribution in [0.1, 0.15) is 4.88 Å². The number of aryl methyl sites for hydroxylation is 1. The highest BCUT2D eigenvalue weighted by atomic mass is 35.5. The Morgan fingerprint density at radius 1 is 1.26 bits per heavy atom. The van der Waals surface area contributed by atoms with E-state index in [2.05, 4.69) is 9.88 Å². The summed E-state index contributed by atoms with van der Waals surface area (Å²) in [5.74, 6) is 0.887. The van der Waals surface area contributed by atoms with Crippen molar-refractivity contribution in [1.82, 2.24) is 9.88 Å². The standard InChI is InChI=1S/C16H21N3O2S.ClH/c1-12-15(18-16(17)22-12)13-2-4-14(5-3-13)21-11-8-19-6-9-20-10-7-19;/h2-5H,6-11H2,1H3,(H2,17,18);1H. The second-order valence-corrected chi connectivity index (χ2v) is 6.52. The molecule has 0 spiro atoms. The summed E-state index contributed by atoms with van der Waals surface area (Å²) < 4.78 is 11.1. The lowest BCUT2D eigenvalue weighted by molar-refractivity contribution is 0.0322. The lowest BCUT2D eigenvalue weighted by Gasteiger charge is -2.26. The van der Waals surface area contributed by atoms with Crippen molar-refractivity contribution in [3.05, 3.63) is 29.1 Å². The number of thiazole rings is 1. The zero-order chi connectivity index (χ0) is 15.4. The summed E-state index contributed by atoms with van der Waals surface area (Å²) in [5, 5.41) is 0.610. The molecule has 1 fully saturated rings. The van der Waals surface area contributed by atoms with Gasteiger partial charge in [-0.05, 0) is 31.2 Å². The molecule has 126 valence electrons. The van der Waals surface area contributed by atoms with Gasteiger partial charge in [0.25, 0.3) is 0 Å². The Bertz CT molecular complexity index is 612. The minimum absolute atomic E-state index is 0. The van der Waals surface area contributed by atoms with Gasteiger partial charge < -0.3 is 15.2 Å². The number of hydrogen-bond acceptors (Lipinski definition) is 6. The summed E-state index contributed by atoms with van der Waals surface area (Å²) in [4.78, 5) is 7.87. The summed E-state index contributed by atoms with van der Waals surface area (Å²) in [7, 11) is 0. The van der Waals surface area contributed by atoms with Crippen molar-refractivity contribution in [1.29, 1.82) is 0 Å². The van der Waals surface area contributed by atoms with Crippen LogP contribution < -0.4 is 10.5 Å². The van der Waals surface area contributed by atoms with Crippen molar-refractivity contribution >= 4 is 28.9 Å². The smallest absolute Gasteiger partial charge is 0.180 e. The van der Waals surface area contributed by atoms with Gasteiger partial charge in [-0.3, -0.25) is 4.90 Å². The van der Waals surface area contributed by atoms with Gasteiger partial charge in [0.1, 0.15) is 12.4 Å². The van der Waals surface area contributed by atoms with Gasteiger partial charge >= 0.3 is 0 Å². The van der Waals surface area contributed by atoms with Gasteiger partial charge in [-0.1, -0.05) is 0 Å². The molecule has 0 unspecified atom stereocenters. The summed E-state index contributed by atoms with van der Waals surface area (Å²) in [6.45, 7) is 7.31. The number of nitrogens with two attached hydrogens (primary N) is 1. The summed E-state index contributed by atoms with van der Waals surface area (Å²) in [6, 6.07) is 8.05. The molecule has 1 aliphatic heterocycles. The minimum Gasteiger partial charge on any atom is -0.492 e. The maximum Gasteiger partial charge on any atom is 0.180 e. The highest BCUT2D eigenvalue weighted by molar-refractivity contribution is 7.15. The van der Waals surface area contributed by atoms with E-state index in [0.29, 0.717) is 11.7 Å². The van der Waals surface area contributed by atoms with E-state index >= 15 is 0 Å². The van der Waals surface area contributed by atoms with Crippen LogP contribution in [0.5, 0.6) is 5.75 Å². The number of halogens is 1. The van der Waals surface area contributed by atoms with Crippen LogP contribution in [0.2, 0.25) is 0 Å². The van der Waals surface area contributed by atoms with Crippen LogP contribution in [0.15, 0.2) is 24.3 Å². The molecule has 1 aromatic heterocycles. The zero-order valence-electron chi connectivity index (χ0n) is 13.2. The highest BCUT2D eigenvalue weighted by Crippen LogP contribution is 2.29. The Balaban J connectivity index is 0.00000192. The van der Waals surface area contributed by atoms with Crippen LogP contribution in [0, 0.1) is 6.92 Å². The SMILES string of the molecule is Cc1sc(N)nc1-c1ccc(OCCN2CCOCC2)cc1.Cl. The number of nitrogens with zero attached hydrogens (tertiary/aromatic N) is 2. The largest absolute Gasteiger partial charge is 0.492 e. The zero-order valence-corrected chi connectivity index (χ0v) is 14.8. The van der Waals surface area contributed by atoms with Crippen LogP contribution in [0.4, 0.5) is 5.13 Å². The van der Waals surface area contributed by atoms with Crippen LogP contribution in [0.25, 0.3) is 11.3 Å². The topological polar surface area (TPSA) is 60.6 Å². The van der Waals surface area contributed by atoms with Crippen molar-refractivity contribution in [2.45, 2.75) is 6.92 Å². The first kappa shape index (κ1) is 18.0. The maximum atomic E-state index is 5.81. The molecule has 0 bridgehead atoms. The number of ether oxygens (including phenoxy) is 2. The van der Waals surface area contributed by atoms with Gasteiger partial charge in [0, 0.05) is 30.1 Å². The number of anilines is 1. The number of aromatic nitrogens is 1. The van der Waals surface area contributed by atoms with Crippen molar-refractivity contribution in [3.8, 4) is 17.0 Å². The third-order valence-electron chi connectivity index (χ3n) is 3.72. The first-order valence-electron chi connectivity index (χ1n) is 7.48. The molecule has 0 saturated carbocycles. The molecule has 0 atom stereocenters. The average Bonchev–Trinajstić information content (AvgIpc) is 2.88. The predicted octanol–water partition coefficient (Wildman–Crippen LogP) is 2.83. The number of benzene rings is 1. The summed E-state index contributed by atoms with van der Waals surface area (Å²) in [6.07, 6.45) is 0. The second-order valence-electron chi connectivity index (χ2n) is 5.28. The van der Waals surface area contributed by atoms with Crippen LogP contribution >= 0.6 is 23.7 Å². The Kier molecular flexibility index (Phi) is 6.65. The number of hydrogen-bond donors (Lipinski definition) is 1. The first-order chi connectivity index (χ1) is 10.7. The Morgan fingerprint density at radius 2 is 1.96 bits per heavy atom. The third-order valence-corrected chi connectivity index (χ3v) is 4.52. The average molecular weight is 356 g/mol. The van der Waals surface area contributed by atoms with E-state index in [1.165, 1.54) is 11.3 Å². The van der Waals surface area contributed by atoms with Gasteiger partial charge in [0.15, 0.2) is 5.13 Å². The second kappa shape index (κ2) is 8.49. The van der Waals surface area contributed by atoms with Gasteiger partial charge in [0.05, 0.1) is 18.9 Å². The van der Waals surface area contributed by atoms with E-state index in [1.54, 1.807) is 0 Å². The third kappa shape index (κ3) is 4.81. The molecule has 23 heavy (non-hydrogen) atoms. The number of morpholine rings is 1. The fourth-order valence-electron chi connectivity index (χ4n) is 2.51. The number of nitrogen functional groups attached to an aromatic ring is 1. The minimum atomic E-state index is 0. The summed E-state index contributed by atoms with van der Waals surface area (Å²) >= 11 is 1.52. The molecule has 3 rings (SSSR count). The Hall–Kier alpha value is -1.34. The predicted molar refractivity (Wildman–Crippen MR) is 96.7 cm³/mol. The van der Waals surface area contributed by atoms with E-state index in [1.807, 2.05) is 31.2 Å². The Morgan fingerprint density at radius 3 is 2.57 bits per heavy atom. The van der Waals surface area contributed by atoms with Gasteiger partial charge in [-0.2, -0.15) is 0 Å². The molecule has 2 heterocycles. The van der Waals surface area contributed by atoms with E-state index < -0.39 is 0 Å². The van der Waals surface area contributed by atoms with Crippen molar-refractivity contribution in [3.63, 3.8) is 0 Å². The molecular formula is C16H22ClN3O2S. The van der Waals surface area contributed by atoms with Crippen molar-refractivity contribution in [2.75, 3.05) is 45.2 Å². The Labute approximate surface area is 146 Å². The monoisotopic (exact) mass is 355 g/mol. The molecule has 5 nitrogen and oxygen atoms in total. The molecule has 2 aromatic rings. The summed E-state index contributed by atoms with van der Waals surface area (Å²) in [5.41, 5.74) is 7.79. The van der Waals surface area contributed by atoms with Gasteiger partial charge in [-0.15, -0.1) is 23.7 Å². The highest BCUT2D eigenvalue weighted by Gasteiger charge is 2.10. The van der Waals surface area contributed by atoms with Crippen molar-refractivity contribution in [2.24, 2.45) is 0 Å². The fraction of sp³-hybridized carbons (Fsp3) is 0.438. The molecular weight excluding hydrogens is 334 g/mol. The molecule has 0 aliphatic carbocycles. The first-order valence-corrected chi connectivity index (χ1v) is 8.30. The lowest BCUT2D eigenvalue weighted by atomic mass is 10.1. The van der Waals surface area contributed by atoms with Crippen LogP contribution in [-0.4, -0.2) is 49.3 Å². The molecule has 7 heteroatoms. The quantitative estimate of drug-likeness (QED) is 0.893. The molecule has 0 amide bonds. The maximum absolute atomic E-state index is 5.81. The van der Waals surface area contributed by atoms with Crippen molar-refractivity contribution < 1.29 is 9.47 Å². The van der Waals surface area contributed by atoms with E-state index in [9.17, 15) is 0 Å².